The van der Waals surface area contributed by atoms with Crippen molar-refractivity contribution in [1.82, 2.24) is 9.80 Å². The highest BCUT2D eigenvalue weighted by molar-refractivity contribution is 5.96. The molecule has 4 heteroatoms. The van der Waals surface area contributed by atoms with Crippen molar-refractivity contribution >= 4 is 5.78 Å². The van der Waals surface area contributed by atoms with Crippen LogP contribution in [0, 0.1) is 0 Å². The number of ketones is 1. The quantitative estimate of drug-likeness (QED) is 0.630. The van der Waals surface area contributed by atoms with Crippen LogP contribution in [-0.2, 0) is 9.53 Å². The van der Waals surface area contributed by atoms with Crippen molar-refractivity contribution < 1.29 is 9.53 Å². The van der Waals surface area contributed by atoms with E-state index in [1.807, 2.05) is 32.2 Å². The third-order valence-electron chi connectivity index (χ3n) is 2.37. The molecule has 86 valence electrons. The molecule has 4 nitrogen and oxygen atoms in total. The van der Waals surface area contributed by atoms with Gasteiger partial charge in [-0.05, 0) is 14.1 Å². The van der Waals surface area contributed by atoms with Gasteiger partial charge in [0.1, 0.15) is 0 Å². The minimum Gasteiger partial charge on any atom is -0.379 e. The monoisotopic (exact) mass is 212 g/mol. The molecule has 1 fully saturated rings. The molecule has 0 aromatic heterocycles. The normalized spacial score (nSPS) is 20.0. The summed E-state index contributed by atoms with van der Waals surface area (Å²) in [6.07, 6.45) is 2.43. The van der Waals surface area contributed by atoms with Crippen molar-refractivity contribution in [3.05, 3.63) is 11.8 Å². The molecule has 0 saturated carbocycles. The molecule has 0 bridgehead atoms. The minimum atomic E-state index is 0.220. The number of hydrogen-bond donors (Lipinski definition) is 0. The number of Topliss-reactive ketones (excluding diaryl/α,β-unsaturated/α-hetero) is 1. The molecular formula is C11H20N2O2. The van der Waals surface area contributed by atoms with E-state index < -0.39 is 0 Å². The molecule has 0 radical (unpaired) electrons. The first-order chi connectivity index (χ1) is 7.09. The van der Waals surface area contributed by atoms with Crippen LogP contribution in [0.4, 0.5) is 0 Å². The third kappa shape index (κ3) is 4.44. The molecule has 0 N–H and O–H groups in total. The van der Waals surface area contributed by atoms with E-state index in [1.54, 1.807) is 0 Å². The Balaban J connectivity index is 2.42. The van der Waals surface area contributed by atoms with Crippen molar-refractivity contribution in [2.75, 3.05) is 47.4 Å². The Labute approximate surface area is 91.5 Å². The molecule has 0 unspecified atom stereocenters. The van der Waals surface area contributed by atoms with Crippen LogP contribution in [0.5, 0.6) is 0 Å². The average molecular weight is 212 g/mol. The van der Waals surface area contributed by atoms with E-state index in [0.29, 0.717) is 19.6 Å². The zero-order valence-corrected chi connectivity index (χ0v) is 9.82. The summed E-state index contributed by atoms with van der Waals surface area (Å²) in [7, 11) is 6.06. The zero-order chi connectivity index (χ0) is 11.3. The van der Waals surface area contributed by atoms with Crippen LogP contribution >= 0.6 is 0 Å². The molecule has 0 aliphatic carbocycles. The lowest BCUT2D eigenvalue weighted by Gasteiger charge is -2.20. The molecule has 0 aromatic carbocycles. The molecule has 1 heterocycles. The van der Waals surface area contributed by atoms with Gasteiger partial charge in [-0.15, -0.1) is 0 Å². The summed E-state index contributed by atoms with van der Waals surface area (Å²) in [6, 6.07) is 0. The highest BCUT2D eigenvalue weighted by Gasteiger charge is 2.15. The highest BCUT2D eigenvalue weighted by atomic mass is 16.5. The first-order valence-electron chi connectivity index (χ1n) is 5.26. The maximum absolute atomic E-state index is 11.5. The van der Waals surface area contributed by atoms with Crippen molar-refractivity contribution in [3.8, 4) is 0 Å². The van der Waals surface area contributed by atoms with Crippen LogP contribution in [-0.4, -0.2) is 63.0 Å². The van der Waals surface area contributed by atoms with Gasteiger partial charge < -0.3 is 14.5 Å². The Morgan fingerprint density at radius 1 is 1.33 bits per heavy atom. The maximum atomic E-state index is 11.5. The Kier molecular flexibility index (Phi) is 4.78. The summed E-state index contributed by atoms with van der Waals surface area (Å²) in [6.45, 7) is 2.93. The lowest BCUT2D eigenvalue weighted by molar-refractivity contribution is -0.119. The van der Waals surface area contributed by atoms with Crippen LogP contribution in [0.15, 0.2) is 11.8 Å². The first kappa shape index (κ1) is 12.2. The van der Waals surface area contributed by atoms with Gasteiger partial charge in [0, 0.05) is 38.3 Å². The van der Waals surface area contributed by atoms with Gasteiger partial charge >= 0.3 is 0 Å². The molecule has 0 aromatic rings. The predicted octanol–water partition coefficient (Wildman–Crippen LogP) is 0.353. The van der Waals surface area contributed by atoms with Gasteiger partial charge in [0.15, 0.2) is 5.78 Å². The number of hydrogen-bond acceptors (Lipinski definition) is 4. The molecule has 1 rings (SSSR count). The van der Waals surface area contributed by atoms with Gasteiger partial charge in [-0.2, -0.15) is 0 Å². The summed E-state index contributed by atoms with van der Waals surface area (Å²) < 4.78 is 5.25. The number of carbonyl (C=O) groups is 1. The van der Waals surface area contributed by atoms with Gasteiger partial charge in [-0.25, -0.2) is 0 Å². The fourth-order valence-electron chi connectivity index (χ4n) is 1.39. The predicted molar refractivity (Wildman–Crippen MR) is 59.7 cm³/mol. The fourth-order valence-corrected chi connectivity index (χ4v) is 1.39. The molecule has 1 aliphatic heterocycles. The summed E-state index contributed by atoms with van der Waals surface area (Å²) >= 11 is 0. The van der Waals surface area contributed by atoms with Gasteiger partial charge in [0.2, 0.25) is 0 Å². The lowest BCUT2D eigenvalue weighted by Crippen LogP contribution is -2.27. The summed E-state index contributed by atoms with van der Waals surface area (Å²) in [5.74, 6) is 0.220. The topological polar surface area (TPSA) is 32.8 Å². The second kappa shape index (κ2) is 5.88. The van der Waals surface area contributed by atoms with E-state index in [1.165, 1.54) is 0 Å². The van der Waals surface area contributed by atoms with E-state index in [0.717, 1.165) is 18.7 Å². The van der Waals surface area contributed by atoms with Gasteiger partial charge in [0.05, 0.1) is 13.2 Å². The Bertz CT molecular complexity index is 249. The van der Waals surface area contributed by atoms with E-state index in [4.69, 9.17) is 4.74 Å². The van der Waals surface area contributed by atoms with Crippen molar-refractivity contribution in [1.29, 1.82) is 0 Å². The number of ether oxygens (including phenoxy) is 1. The van der Waals surface area contributed by atoms with E-state index >= 15 is 0 Å². The zero-order valence-electron chi connectivity index (χ0n) is 9.82. The lowest BCUT2D eigenvalue weighted by atomic mass is 10.1. The highest BCUT2D eigenvalue weighted by Crippen LogP contribution is 2.08. The van der Waals surface area contributed by atoms with Gasteiger partial charge in [-0.1, -0.05) is 0 Å². The van der Waals surface area contributed by atoms with Crippen LogP contribution in [0.1, 0.15) is 6.42 Å². The number of rotatable bonds is 4. The first-order valence-corrected chi connectivity index (χ1v) is 5.26. The molecular weight excluding hydrogens is 192 g/mol. The Morgan fingerprint density at radius 2 is 2.07 bits per heavy atom. The van der Waals surface area contributed by atoms with Gasteiger partial charge in [0.25, 0.3) is 0 Å². The number of nitrogens with zero attached hydrogens (tertiary/aromatic N) is 2. The maximum Gasteiger partial charge on any atom is 0.164 e. The molecule has 1 aliphatic rings. The second-order valence-corrected chi connectivity index (χ2v) is 4.16. The molecule has 15 heavy (non-hydrogen) atoms. The minimum absolute atomic E-state index is 0.220. The number of likely N-dealkylation sites (N-methyl/N-ethyl adjacent to an activating group) is 2. The fraction of sp³-hybridized carbons (Fsp3) is 0.727. The molecule has 1 saturated heterocycles. The van der Waals surface area contributed by atoms with Crippen molar-refractivity contribution in [2.45, 2.75) is 6.42 Å². The summed E-state index contributed by atoms with van der Waals surface area (Å²) in [5.41, 5.74) is 0.794. The SMILES string of the molecule is CN(C)CCN(C)/C=C1\COCCC1=O. The van der Waals surface area contributed by atoms with E-state index in [2.05, 4.69) is 4.90 Å². The van der Waals surface area contributed by atoms with Crippen molar-refractivity contribution in [3.63, 3.8) is 0 Å². The molecule has 0 atom stereocenters. The largest absolute Gasteiger partial charge is 0.379 e. The van der Waals surface area contributed by atoms with Crippen molar-refractivity contribution in [2.24, 2.45) is 0 Å². The van der Waals surface area contributed by atoms with Crippen LogP contribution < -0.4 is 0 Å². The Morgan fingerprint density at radius 3 is 2.67 bits per heavy atom. The van der Waals surface area contributed by atoms with Crippen LogP contribution in [0.2, 0.25) is 0 Å². The van der Waals surface area contributed by atoms with E-state index in [9.17, 15) is 4.79 Å². The van der Waals surface area contributed by atoms with Crippen LogP contribution in [0.3, 0.4) is 0 Å². The molecule has 0 amide bonds. The average Bonchev–Trinajstić information content (AvgIpc) is 2.18. The van der Waals surface area contributed by atoms with Crippen LogP contribution in [0.25, 0.3) is 0 Å². The summed E-state index contributed by atoms with van der Waals surface area (Å²) in [4.78, 5) is 15.6. The summed E-state index contributed by atoms with van der Waals surface area (Å²) in [5, 5.41) is 0. The smallest absolute Gasteiger partial charge is 0.164 e. The third-order valence-corrected chi connectivity index (χ3v) is 2.37. The van der Waals surface area contributed by atoms with Gasteiger partial charge in [-0.3, -0.25) is 4.79 Å². The molecule has 0 spiro atoms. The second-order valence-electron chi connectivity index (χ2n) is 4.16. The van der Waals surface area contributed by atoms with E-state index in [-0.39, 0.29) is 5.78 Å². The Hall–Kier alpha value is -0.870. The standard InChI is InChI=1S/C11H20N2O2/c1-12(2)5-6-13(3)8-10-9-15-7-4-11(10)14/h8H,4-7,9H2,1-3H3/b10-8+. The number of carbonyl (C=O) groups excluding carboxylic acids is 1.